The lowest BCUT2D eigenvalue weighted by Crippen LogP contribution is -2.45. The Morgan fingerprint density at radius 2 is 1.96 bits per heavy atom. The summed E-state index contributed by atoms with van der Waals surface area (Å²) in [6, 6.07) is 6.88. The van der Waals surface area contributed by atoms with Gasteiger partial charge in [-0.25, -0.2) is 0 Å². The van der Waals surface area contributed by atoms with Gasteiger partial charge in [0, 0.05) is 25.2 Å². The van der Waals surface area contributed by atoms with E-state index >= 15 is 0 Å². The highest BCUT2D eigenvalue weighted by atomic mass is 16.2. The summed E-state index contributed by atoms with van der Waals surface area (Å²) < 4.78 is 0. The van der Waals surface area contributed by atoms with E-state index in [1.54, 1.807) is 11.8 Å². The number of benzene rings is 1. The molecule has 0 spiro atoms. The topological polar surface area (TPSA) is 78.5 Å². The number of anilines is 1. The summed E-state index contributed by atoms with van der Waals surface area (Å²) >= 11 is 0. The summed E-state index contributed by atoms with van der Waals surface area (Å²) in [6.07, 6.45) is 2.56. The van der Waals surface area contributed by atoms with Crippen molar-refractivity contribution in [1.29, 1.82) is 0 Å². The SMILES string of the molecule is CCCNC(=O)[C@H](C)NC(=O)Cc1ccc(N2CCCC2=O)cc1. The molecule has 0 saturated carbocycles. The number of carbonyl (C=O) groups excluding carboxylic acids is 3. The first-order chi connectivity index (χ1) is 11.5. The van der Waals surface area contributed by atoms with E-state index in [9.17, 15) is 14.4 Å². The Morgan fingerprint density at radius 3 is 2.54 bits per heavy atom. The third-order valence-electron chi connectivity index (χ3n) is 4.01. The molecule has 1 aliphatic rings. The molecule has 0 unspecified atom stereocenters. The summed E-state index contributed by atoms with van der Waals surface area (Å²) in [4.78, 5) is 37.3. The average molecular weight is 331 g/mol. The first kappa shape index (κ1) is 18.0. The van der Waals surface area contributed by atoms with Crippen molar-refractivity contribution in [2.45, 2.75) is 45.6 Å². The highest BCUT2D eigenvalue weighted by Crippen LogP contribution is 2.21. The van der Waals surface area contributed by atoms with Gasteiger partial charge in [-0.15, -0.1) is 0 Å². The Labute approximate surface area is 142 Å². The molecule has 6 heteroatoms. The smallest absolute Gasteiger partial charge is 0.242 e. The quantitative estimate of drug-likeness (QED) is 0.792. The number of hydrogen-bond donors (Lipinski definition) is 2. The fourth-order valence-corrected chi connectivity index (χ4v) is 2.66. The molecule has 1 aromatic rings. The van der Waals surface area contributed by atoms with Crippen molar-refractivity contribution in [1.82, 2.24) is 10.6 Å². The van der Waals surface area contributed by atoms with E-state index in [0.29, 0.717) is 13.0 Å². The Bertz CT molecular complexity index is 598. The van der Waals surface area contributed by atoms with Gasteiger partial charge in [0.05, 0.1) is 6.42 Å². The zero-order chi connectivity index (χ0) is 17.5. The molecule has 1 heterocycles. The van der Waals surface area contributed by atoms with Crippen molar-refractivity contribution in [3.63, 3.8) is 0 Å². The van der Waals surface area contributed by atoms with Crippen LogP contribution in [0.1, 0.15) is 38.7 Å². The zero-order valence-corrected chi connectivity index (χ0v) is 14.3. The van der Waals surface area contributed by atoms with Crippen LogP contribution in [0.4, 0.5) is 5.69 Å². The average Bonchev–Trinajstić information content (AvgIpc) is 2.99. The van der Waals surface area contributed by atoms with Crippen LogP contribution in [0, 0.1) is 0 Å². The number of amides is 3. The third-order valence-corrected chi connectivity index (χ3v) is 4.01. The molecule has 2 rings (SSSR count). The van der Waals surface area contributed by atoms with Crippen molar-refractivity contribution in [2.24, 2.45) is 0 Å². The number of nitrogens with zero attached hydrogens (tertiary/aromatic N) is 1. The lowest BCUT2D eigenvalue weighted by atomic mass is 10.1. The molecule has 2 N–H and O–H groups in total. The molecule has 0 radical (unpaired) electrons. The number of carbonyl (C=O) groups is 3. The number of rotatable bonds is 7. The molecule has 24 heavy (non-hydrogen) atoms. The van der Waals surface area contributed by atoms with E-state index in [-0.39, 0.29) is 24.1 Å². The summed E-state index contributed by atoms with van der Waals surface area (Å²) in [6.45, 7) is 5.01. The lowest BCUT2D eigenvalue weighted by Gasteiger charge is -2.16. The molecule has 1 saturated heterocycles. The largest absolute Gasteiger partial charge is 0.354 e. The second kappa shape index (κ2) is 8.47. The highest BCUT2D eigenvalue weighted by molar-refractivity contribution is 5.95. The number of nitrogens with one attached hydrogen (secondary N) is 2. The van der Waals surface area contributed by atoms with E-state index in [1.165, 1.54) is 0 Å². The predicted octanol–water partition coefficient (Wildman–Crippen LogP) is 1.39. The molecule has 130 valence electrons. The maximum atomic E-state index is 12.0. The second-order valence-electron chi connectivity index (χ2n) is 6.07. The molecule has 1 atom stereocenters. The standard InChI is InChI=1S/C18H25N3O3/c1-3-10-19-18(24)13(2)20-16(22)12-14-6-8-15(9-7-14)21-11-4-5-17(21)23/h6-9,13H,3-5,10-12H2,1-2H3,(H,19,24)(H,20,22)/t13-/m0/s1. The van der Waals surface area contributed by atoms with E-state index in [0.717, 1.165) is 30.6 Å². The molecule has 1 aromatic carbocycles. The van der Waals surface area contributed by atoms with Crippen molar-refractivity contribution in [3.05, 3.63) is 29.8 Å². The lowest BCUT2D eigenvalue weighted by molar-refractivity contribution is -0.128. The number of hydrogen-bond acceptors (Lipinski definition) is 3. The summed E-state index contributed by atoms with van der Waals surface area (Å²) in [5.74, 6) is -0.223. The van der Waals surface area contributed by atoms with Crippen molar-refractivity contribution in [3.8, 4) is 0 Å². The van der Waals surface area contributed by atoms with Crippen LogP contribution in [0.2, 0.25) is 0 Å². The van der Waals surface area contributed by atoms with Gasteiger partial charge in [-0.3, -0.25) is 14.4 Å². The Morgan fingerprint density at radius 1 is 1.25 bits per heavy atom. The van der Waals surface area contributed by atoms with Gasteiger partial charge in [-0.2, -0.15) is 0 Å². The van der Waals surface area contributed by atoms with Crippen LogP contribution in [-0.4, -0.2) is 36.9 Å². The van der Waals surface area contributed by atoms with Gasteiger partial charge in [-0.05, 0) is 37.5 Å². The van der Waals surface area contributed by atoms with Gasteiger partial charge < -0.3 is 15.5 Å². The molecule has 6 nitrogen and oxygen atoms in total. The van der Waals surface area contributed by atoms with Gasteiger partial charge in [0.15, 0.2) is 0 Å². The van der Waals surface area contributed by atoms with Crippen LogP contribution in [0.3, 0.4) is 0 Å². The van der Waals surface area contributed by atoms with Crippen molar-refractivity contribution >= 4 is 23.4 Å². The molecular formula is C18H25N3O3. The highest BCUT2D eigenvalue weighted by Gasteiger charge is 2.21. The summed E-state index contributed by atoms with van der Waals surface area (Å²) in [5, 5.41) is 5.45. The predicted molar refractivity (Wildman–Crippen MR) is 92.6 cm³/mol. The van der Waals surface area contributed by atoms with Crippen molar-refractivity contribution < 1.29 is 14.4 Å². The van der Waals surface area contributed by atoms with Gasteiger partial charge in [0.2, 0.25) is 17.7 Å². The normalized spacial score (nSPS) is 15.2. The van der Waals surface area contributed by atoms with Crippen LogP contribution in [0.25, 0.3) is 0 Å². The minimum atomic E-state index is -0.550. The second-order valence-corrected chi connectivity index (χ2v) is 6.07. The van der Waals surface area contributed by atoms with Gasteiger partial charge >= 0.3 is 0 Å². The van der Waals surface area contributed by atoms with Crippen LogP contribution < -0.4 is 15.5 Å². The monoisotopic (exact) mass is 331 g/mol. The fourth-order valence-electron chi connectivity index (χ4n) is 2.66. The molecule has 1 fully saturated rings. The van der Waals surface area contributed by atoms with Gasteiger partial charge in [0.1, 0.15) is 6.04 Å². The Balaban J connectivity index is 1.85. The van der Waals surface area contributed by atoms with Crippen LogP contribution in [-0.2, 0) is 20.8 Å². The third kappa shape index (κ3) is 4.81. The fraction of sp³-hybridized carbons (Fsp3) is 0.500. The van der Waals surface area contributed by atoms with Crippen LogP contribution in [0.15, 0.2) is 24.3 Å². The molecular weight excluding hydrogens is 306 g/mol. The molecule has 1 aliphatic heterocycles. The Hall–Kier alpha value is -2.37. The van der Waals surface area contributed by atoms with Crippen molar-refractivity contribution in [2.75, 3.05) is 18.0 Å². The molecule has 0 bridgehead atoms. The van der Waals surface area contributed by atoms with Crippen LogP contribution in [0.5, 0.6) is 0 Å². The molecule has 3 amide bonds. The summed E-state index contributed by atoms with van der Waals surface area (Å²) in [5.41, 5.74) is 1.72. The maximum absolute atomic E-state index is 12.0. The summed E-state index contributed by atoms with van der Waals surface area (Å²) in [7, 11) is 0. The minimum absolute atomic E-state index is 0.146. The van der Waals surface area contributed by atoms with Gasteiger partial charge in [-0.1, -0.05) is 19.1 Å². The van der Waals surface area contributed by atoms with E-state index in [4.69, 9.17) is 0 Å². The van der Waals surface area contributed by atoms with E-state index in [2.05, 4.69) is 10.6 Å². The van der Waals surface area contributed by atoms with Gasteiger partial charge in [0.25, 0.3) is 0 Å². The minimum Gasteiger partial charge on any atom is -0.354 e. The zero-order valence-electron chi connectivity index (χ0n) is 14.3. The Kier molecular flexibility index (Phi) is 6.35. The van der Waals surface area contributed by atoms with E-state index in [1.807, 2.05) is 31.2 Å². The molecule has 0 aliphatic carbocycles. The van der Waals surface area contributed by atoms with E-state index < -0.39 is 6.04 Å². The maximum Gasteiger partial charge on any atom is 0.242 e. The van der Waals surface area contributed by atoms with Crippen LogP contribution >= 0.6 is 0 Å². The first-order valence-electron chi connectivity index (χ1n) is 8.47. The first-order valence-corrected chi connectivity index (χ1v) is 8.47. The molecule has 0 aromatic heterocycles.